The molecule has 7 nitrogen and oxygen atoms in total. The normalized spacial score (nSPS) is 26.2. The smallest absolute Gasteiger partial charge is 0.217 e. The van der Waals surface area contributed by atoms with Crippen molar-refractivity contribution in [3.05, 3.63) is 30.0 Å². The van der Waals surface area contributed by atoms with E-state index < -0.39 is 24.2 Å². The highest BCUT2D eigenvalue weighted by Gasteiger charge is 2.36. The van der Waals surface area contributed by atoms with E-state index >= 15 is 0 Å². The fourth-order valence-electron chi connectivity index (χ4n) is 2.48. The molecule has 20 heavy (non-hydrogen) atoms. The molecule has 0 fully saturated rings. The molecule has 0 amide bonds. The molecule has 8 heteroatoms. The predicted octanol–water partition coefficient (Wildman–Crippen LogP) is -0.652. The number of aromatic nitrogens is 3. The minimum atomic E-state index is -1.16. The van der Waals surface area contributed by atoms with E-state index in [-0.39, 0.29) is 12.4 Å². The number of halogens is 1. The van der Waals surface area contributed by atoms with Gasteiger partial charge in [-0.05, 0) is 5.57 Å². The van der Waals surface area contributed by atoms with Crippen LogP contribution in [0.15, 0.2) is 24.0 Å². The van der Waals surface area contributed by atoms with Gasteiger partial charge < -0.3 is 25.6 Å². The van der Waals surface area contributed by atoms with Gasteiger partial charge in [0.25, 0.3) is 0 Å². The van der Waals surface area contributed by atoms with E-state index in [4.69, 9.17) is 10.8 Å². The number of fused-ring (bicyclic) bond motifs is 1. The molecule has 3 unspecified atom stereocenters. The first-order valence-corrected chi connectivity index (χ1v) is 5.99. The summed E-state index contributed by atoms with van der Waals surface area (Å²) in [4.78, 5) is 7.51. The van der Waals surface area contributed by atoms with Crippen LogP contribution in [0.2, 0.25) is 0 Å². The number of pyridine rings is 1. The zero-order chi connectivity index (χ0) is 14.4. The maximum atomic E-state index is 13.4. The number of aliphatic hydroxyl groups is 3. The van der Waals surface area contributed by atoms with Crippen molar-refractivity contribution in [3.8, 4) is 0 Å². The van der Waals surface area contributed by atoms with E-state index in [0.717, 1.165) is 6.07 Å². The van der Waals surface area contributed by atoms with Gasteiger partial charge in [-0.25, -0.2) is 9.97 Å². The van der Waals surface area contributed by atoms with E-state index in [1.54, 1.807) is 0 Å². The van der Waals surface area contributed by atoms with Gasteiger partial charge >= 0.3 is 0 Å². The summed E-state index contributed by atoms with van der Waals surface area (Å²) in [6.07, 6.45) is 0.614. The van der Waals surface area contributed by atoms with Crippen molar-refractivity contribution in [2.24, 2.45) is 0 Å². The summed E-state index contributed by atoms with van der Waals surface area (Å²) in [6, 6.07) is 0.501. The van der Waals surface area contributed by atoms with Gasteiger partial charge in [-0.15, -0.1) is 0 Å². The van der Waals surface area contributed by atoms with Crippen LogP contribution in [-0.2, 0) is 0 Å². The molecule has 0 saturated heterocycles. The monoisotopic (exact) mass is 280 g/mol. The Morgan fingerprint density at radius 2 is 2.15 bits per heavy atom. The van der Waals surface area contributed by atoms with Crippen LogP contribution in [0.5, 0.6) is 0 Å². The van der Waals surface area contributed by atoms with Crippen LogP contribution in [0, 0.1) is 5.95 Å². The second-order valence-corrected chi connectivity index (χ2v) is 4.68. The zero-order valence-corrected chi connectivity index (χ0v) is 10.3. The molecule has 0 spiro atoms. The third kappa shape index (κ3) is 1.77. The Labute approximate surface area is 112 Å². The largest absolute Gasteiger partial charge is 0.392 e. The Morgan fingerprint density at radius 1 is 1.40 bits per heavy atom. The lowest BCUT2D eigenvalue weighted by Crippen LogP contribution is -2.29. The Bertz CT molecular complexity index is 699. The molecule has 1 aliphatic carbocycles. The van der Waals surface area contributed by atoms with E-state index in [0.29, 0.717) is 16.6 Å². The second kappa shape index (κ2) is 4.51. The first-order chi connectivity index (χ1) is 9.52. The first kappa shape index (κ1) is 13.0. The van der Waals surface area contributed by atoms with E-state index in [1.165, 1.54) is 17.0 Å². The van der Waals surface area contributed by atoms with Crippen molar-refractivity contribution in [2.75, 3.05) is 12.3 Å². The fourth-order valence-corrected chi connectivity index (χ4v) is 2.48. The van der Waals surface area contributed by atoms with Gasteiger partial charge in [0.05, 0.1) is 24.5 Å². The standard InChI is InChI=1S/C12H13FN4O3/c13-8-2-6-9(12(14)16-8)15-4-17(6)7-1-5(3-18)10(19)11(7)20/h1-2,4,7,10-11,18-20H,3H2,(H2,14,16). The van der Waals surface area contributed by atoms with Crippen molar-refractivity contribution in [1.82, 2.24) is 14.5 Å². The maximum absolute atomic E-state index is 13.4. The van der Waals surface area contributed by atoms with Crippen molar-refractivity contribution in [3.63, 3.8) is 0 Å². The lowest BCUT2D eigenvalue weighted by molar-refractivity contribution is 0.0288. The average Bonchev–Trinajstić information content (AvgIpc) is 2.93. The molecule has 0 aromatic carbocycles. The Hall–Kier alpha value is -2.03. The van der Waals surface area contributed by atoms with Gasteiger partial charge in [-0.1, -0.05) is 6.08 Å². The molecule has 3 atom stereocenters. The number of imidazole rings is 1. The fraction of sp³-hybridized carbons (Fsp3) is 0.333. The lowest BCUT2D eigenvalue weighted by Gasteiger charge is -2.19. The number of nitrogen functional groups attached to an aromatic ring is 1. The number of nitrogens with zero attached hydrogens (tertiary/aromatic N) is 3. The van der Waals surface area contributed by atoms with E-state index in [2.05, 4.69) is 9.97 Å². The third-order valence-electron chi connectivity index (χ3n) is 3.50. The molecule has 3 rings (SSSR count). The van der Waals surface area contributed by atoms with Gasteiger partial charge in [-0.3, -0.25) is 0 Å². The summed E-state index contributed by atoms with van der Waals surface area (Å²) in [5, 5.41) is 28.9. The number of rotatable bonds is 2. The van der Waals surface area contributed by atoms with Crippen LogP contribution in [0.4, 0.5) is 10.2 Å². The molecular weight excluding hydrogens is 267 g/mol. The Kier molecular flexibility index (Phi) is 2.93. The van der Waals surface area contributed by atoms with Gasteiger partial charge in [0, 0.05) is 6.07 Å². The van der Waals surface area contributed by atoms with E-state index in [9.17, 15) is 14.6 Å². The van der Waals surface area contributed by atoms with Crippen molar-refractivity contribution in [2.45, 2.75) is 18.2 Å². The van der Waals surface area contributed by atoms with Gasteiger partial charge in [-0.2, -0.15) is 4.39 Å². The first-order valence-electron chi connectivity index (χ1n) is 5.99. The molecule has 5 N–H and O–H groups in total. The van der Waals surface area contributed by atoms with Gasteiger partial charge in [0.2, 0.25) is 5.95 Å². The molecule has 0 radical (unpaired) electrons. The summed E-state index contributed by atoms with van der Waals surface area (Å²) < 4.78 is 14.9. The molecule has 0 bridgehead atoms. The predicted molar refractivity (Wildman–Crippen MR) is 68.1 cm³/mol. The zero-order valence-electron chi connectivity index (χ0n) is 10.3. The SMILES string of the molecule is Nc1nc(F)cc2c1ncn2C1C=C(CO)C(O)C1O. The number of anilines is 1. The van der Waals surface area contributed by atoms with E-state index in [1.807, 2.05) is 0 Å². The molecule has 1 aliphatic rings. The van der Waals surface area contributed by atoms with Crippen LogP contribution in [0.1, 0.15) is 6.04 Å². The maximum Gasteiger partial charge on any atom is 0.217 e. The molecular formula is C12H13FN4O3. The van der Waals surface area contributed by atoms with Gasteiger partial charge in [0.1, 0.15) is 17.7 Å². The average molecular weight is 280 g/mol. The molecule has 2 aromatic heterocycles. The quantitative estimate of drug-likeness (QED) is 0.429. The highest BCUT2D eigenvalue weighted by molar-refractivity contribution is 5.84. The molecule has 106 valence electrons. The van der Waals surface area contributed by atoms with Crippen molar-refractivity contribution in [1.29, 1.82) is 0 Å². The minimum Gasteiger partial charge on any atom is -0.392 e. The highest BCUT2D eigenvalue weighted by Crippen LogP contribution is 2.32. The van der Waals surface area contributed by atoms with Crippen LogP contribution in [-0.4, -0.2) is 48.7 Å². The Morgan fingerprint density at radius 3 is 2.80 bits per heavy atom. The summed E-state index contributed by atoms with van der Waals surface area (Å²) in [5.41, 5.74) is 6.58. The van der Waals surface area contributed by atoms with Gasteiger partial charge in [0.15, 0.2) is 5.82 Å². The minimum absolute atomic E-state index is 0.0434. The number of nitrogens with two attached hydrogens (primary N) is 1. The summed E-state index contributed by atoms with van der Waals surface area (Å²) in [7, 11) is 0. The summed E-state index contributed by atoms with van der Waals surface area (Å²) in [6.45, 7) is -0.362. The Balaban J connectivity index is 2.14. The van der Waals surface area contributed by atoms with Crippen LogP contribution in [0.3, 0.4) is 0 Å². The second-order valence-electron chi connectivity index (χ2n) is 4.68. The summed E-state index contributed by atoms with van der Waals surface area (Å²) >= 11 is 0. The lowest BCUT2D eigenvalue weighted by atomic mass is 10.1. The van der Waals surface area contributed by atoms with Crippen molar-refractivity contribution >= 4 is 16.9 Å². The number of hydrogen-bond donors (Lipinski definition) is 4. The molecule has 0 saturated carbocycles. The summed E-state index contributed by atoms with van der Waals surface area (Å²) in [5.74, 6) is -0.797. The van der Waals surface area contributed by atoms with Crippen LogP contribution >= 0.6 is 0 Å². The number of hydrogen-bond acceptors (Lipinski definition) is 6. The van der Waals surface area contributed by atoms with Crippen LogP contribution < -0.4 is 5.73 Å². The molecule has 2 heterocycles. The number of aliphatic hydroxyl groups excluding tert-OH is 3. The molecule has 2 aromatic rings. The third-order valence-corrected chi connectivity index (χ3v) is 3.50. The topological polar surface area (TPSA) is 117 Å². The van der Waals surface area contributed by atoms with Crippen LogP contribution in [0.25, 0.3) is 11.0 Å². The van der Waals surface area contributed by atoms with Crippen molar-refractivity contribution < 1.29 is 19.7 Å². The highest BCUT2D eigenvalue weighted by atomic mass is 19.1. The molecule has 0 aliphatic heterocycles.